The molecule has 0 heterocycles. The minimum Gasteiger partial charge on any atom is -0.399 e. The summed E-state index contributed by atoms with van der Waals surface area (Å²) in [6, 6.07) is 12.7. The van der Waals surface area contributed by atoms with Crippen LogP contribution >= 0.6 is 0 Å². The van der Waals surface area contributed by atoms with Crippen molar-refractivity contribution in [1.82, 2.24) is 0 Å². The molecule has 4 N–H and O–H groups in total. The predicted octanol–water partition coefficient (Wildman–Crippen LogP) is 3.44. The first-order valence-electron chi connectivity index (χ1n) is 7.73. The number of rotatable bonds is 5. The van der Waals surface area contributed by atoms with Crippen LogP contribution in [0.15, 0.2) is 48.5 Å². The molecule has 2 rings (SSSR count). The third kappa shape index (κ3) is 4.98. The summed E-state index contributed by atoms with van der Waals surface area (Å²) in [5.74, 6) is -0.388. The SMILES string of the molecule is CCc1ccc(NC(C)=O)cc1NC(=O)/C=C/c1ccc(N)cc1. The second kappa shape index (κ2) is 7.97. The summed E-state index contributed by atoms with van der Waals surface area (Å²) in [5.41, 5.74) is 9.54. The Hall–Kier alpha value is -3.08. The molecule has 0 aliphatic rings. The summed E-state index contributed by atoms with van der Waals surface area (Å²) in [6.45, 7) is 3.45. The van der Waals surface area contributed by atoms with Crippen molar-refractivity contribution >= 4 is 35.0 Å². The molecule has 0 saturated carbocycles. The third-order valence-electron chi connectivity index (χ3n) is 3.43. The smallest absolute Gasteiger partial charge is 0.248 e. The van der Waals surface area contributed by atoms with E-state index in [4.69, 9.17) is 5.73 Å². The second-order valence-corrected chi connectivity index (χ2v) is 5.40. The largest absolute Gasteiger partial charge is 0.399 e. The van der Waals surface area contributed by atoms with Crippen LogP contribution in [-0.2, 0) is 16.0 Å². The number of hydrogen-bond donors (Lipinski definition) is 3. The Morgan fingerprint density at radius 2 is 1.79 bits per heavy atom. The summed E-state index contributed by atoms with van der Waals surface area (Å²) < 4.78 is 0. The van der Waals surface area contributed by atoms with Crippen molar-refractivity contribution < 1.29 is 9.59 Å². The molecule has 2 aromatic rings. The van der Waals surface area contributed by atoms with Gasteiger partial charge in [0.1, 0.15) is 0 Å². The van der Waals surface area contributed by atoms with Crippen molar-refractivity contribution in [2.75, 3.05) is 16.4 Å². The van der Waals surface area contributed by atoms with E-state index >= 15 is 0 Å². The number of hydrogen-bond acceptors (Lipinski definition) is 3. The molecule has 0 aromatic heterocycles. The Morgan fingerprint density at radius 1 is 1.08 bits per heavy atom. The zero-order valence-electron chi connectivity index (χ0n) is 13.8. The van der Waals surface area contributed by atoms with Crippen LogP contribution in [0.2, 0.25) is 0 Å². The van der Waals surface area contributed by atoms with Gasteiger partial charge in [-0.3, -0.25) is 9.59 Å². The van der Waals surface area contributed by atoms with Crippen molar-refractivity contribution in [1.29, 1.82) is 0 Å². The monoisotopic (exact) mass is 323 g/mol. The second-order valence-electron chi connectivity index (χ2n) is 5.40. The van der Waals surface area contributed by atoms with Crippen LogP contribution in [0.5, 0.6) is 0 Å². The molecule has 0 bridgehead atoms. The maximum Gasteiger partial charge on any atom is 0.248 e. The fourth-order valence-corrected chi connectivity index (χ4v) is 2.24. The molecule has 0 saturated heterocycles. The van der Waals surface area contributed by atoms with Gasteiger partial charge in [-0.2, -0.15) is 0 Å². The van der Waals surface area contributed by atoms with Crippen molar-refractivity contribution in [3.05, 3.63) is 59.7 Å². The molecule has 0 fully saturated rings. The molecule has 0 aliphatic carbocycles. The van der Waals surface area contributed by atoms with E-state index in [9.17, 15) is 9.59 Å². The average molecular weight is 323 g/mol. The normalized spacial score (nSPS) is 10.6. The van der Waals surface area contributed by atoms with Gasteiger partial charge in [0.25, 0.3) is 0 Å². The van der Waals surface area contributed by atoms with Crippen LogP contribution in [0.25, 0.3) is 6.08 Å². The maximum atomic E-state index is 12.1. The van der Waals surface area contributed by atoms with E-state index in [0.717, 1.165) is 17.5 Å². The van der Waals surface area contributed by atoms with Crippen molar-refractivity contribution in [2.45, 2.75) is 20.3 Å². The van der Waals surface area contributed by atoms with Crippen LogP contribution < -0.4 is 16.4 Å². The minimum atomic E-state index is -0.235. The number of carbonyl (C=O) groups excluding carboxylic acids is 2. The van der Waals surface area contributed by atoms with E-state index in [-0.39, 0.29) is 11.8 Å². The zero-order chi connectivity index (χ0) is 17.5. The lowest BCUT2D eigenvalue weighted by Gasteiger charge is -2.11. The predicted molar refractivity (Wildman–Crippen MR) is 98.6 cm³/mol. The summed E-state index contributed by atoms with van der Waals surface area (Å²) >= 11 is 0. The van der Waals surface area contributed by atoms with Gasteiger partial charge in [0, 0.05) is 30.1 Å². The van der Waals surface area contributed by atoms with Crippen molar-refractivity contribution in [3.63, 3.8) is 0 Å². The summed E-state index contributed by atoms with van der Waals surface area (Å²) in [4.78, 5) is 23.3. The summed E-state index contributed by atoms with van der Waals surface area (Å²) in [6.07, 6.45) is 3.96. The molecular formula is C19H21N3O2. The van der Waals surface area contributed by atoms with E-state index in [0.29, 0.717) is 17.1 Å². The first-order valence-corrected chi connectivity index (χ1v) is 7.73. The van der Waals surface area contributed by atoms with Crippen LogP contribution in [0.3, 0.4) is 0 Å². The fourth-order valence-electron chi connectivity index (χ4n) is 2.24. The number of nitrogen functional groups attached to an aromatic ring is 1. The van der Waals surface area contributed by atoms with Gasteiger partial charge in [-0.15, -0.1) is 0 Å². The molecular weight excluding hydrogens is 302 g/mol. The highest BCUT2D eigenvalue weighted by Gasteiger charge is 2.06. The van der Waals surface area contributed by atoms with E-state index in [2.05, 4.69) is 10.6 Å². The topological polar surface area (TPSA) is 84.2 Å². The Labute approximate surface area is 141 Å². The Morgan fingerprint density at radius 3 is 2.42 bits per heavy atom. The average Bonchev–Trinajstić information content (AvgIpc) is 2.54. The van der Waals surface area contributed by atoms with E-state index < -0.39 is 0 Å². The molecule has 5 nitrogen and oxygen atoms in total. The highest BCUT2D eigenvalue weighted by Crippen LogP contribution is 2.22. The highest BCUT2D eigenvalue weighted by atomic mass is 16.2. The molecule has 2 amide bonds. The summed E-state index contributed by atoms with van der Waals surface area (Å²) in [5, 5.41) is 5.57. The molecule has 0 unspecified atom stereocenters. The third-order valence-corrected chi connectivity index (χ3v) is 3.43. The fraction of sp³-hybridized carbons (Fsp3) is 0.158. The van der Waals surface area contributed by atoms with E-state index in [1.165, 1.54) is 13.0 Å². The maximum absolute atomic E-state index is 12.1. The number of amides is 2. The number of carbonyl (C=O) groups is 2. The van der Waals surface area contributed by atoms with Gasteiger partial charge in [0.05, 0.1) is 0 Å². The van der Waals surface area contributed by atoms with Crippen LogP contribution in [0.4, 0.5) is 17.1 Å². The minimum absolute atomic E-state index is 0.153. The van der Waals surface area contributed by atoms with Gasteiger partial charge in [-0.25, -0.2) is 0 Å². The number of nitrogens with one attached hydrogen (secondary N) is 2. The van der Waals surface area contributed by atoms with Gasteiger partial charge in [-0.05, 0) is 47.9 Å². The number of nitrogens with two attached hydrogens (primary N) is 1. The van der Waals surface area contributed by atoms with Crippen LogP contribution in [-0.4, -0.2) is 11.8 Å². The molecule has 0 aliphatic heterocycles. The summed E-state index contributed by atoms with van der Waals surface area (Å²) in [7, 11) is 0. The van der Waals surface area contributed by atoms with Gasteiger partial charge in [0.15, 0.2) is 0 Å². The van der Waals surface area contributed by atoms with Crippen LogP contribution in [0, 0.1) is 0 Å². The molecule has 0 atom stereocenters. The Balaban J connectivity index is 2.12. The molecule has 0 spiro atoms. The Bertz CT molecular complexity index is 765. The molecule has 124 valence electrons. The zero-order valence-corrected chi connectivity index (χ0v) is 13.8. The highest BCUT2D eigenvalue weighted by molar-refractivity contribution is 6.03. The Kier molecular flexibility index (Phi) is 5.73. The standard InChI is InChI=1S/C19H21N3O2/c1-3-15-7-10-17(21-13(2)23)12-18(15)22-19(24)11-6-14-4-8-16(20)9-5-14/h4-12H,3,20H2,1-2H3,(H,21,23)(H,22,24)/b11-6+. The van der Waals surface area contributed by atoms with E-state index in [1.807, 2.05) is 31.2 Å². The van der Waals surface area contributed by atoms with Gasteiger partial charge in [-0.1, -0.05) is 25.1 Å². The van der Waals surface area contributed by atoms with Crippen molar-refractivity contribution in [3.8, 4) is 0 Å². The lowest BCUT2D eigenvalue weighted by Crippen LogP contribution is -2.11. The number of benzene rings is 2. The van der Waals surface area contributed by atoms with Crippen LogP contribution in [0.1, 0.15) is 25.0 Å². The molecule has 0 radical (unpaired) electrons. The number of aryl methyl sites for hydroxylation is 1. The lowest BCUT2D eigenvalue weighted by molar-refractivity contribution is -0.114. The van der Waals surface area contributed by atoms with Gasteiger partial charge < -0.3 is 16.4 Å². The lowest BCUT2D eigenvalue weighted by atomic mass is 10.1. The molecule has 5 heteroatoms. The number of anilines is 3. The quantitative estimate of drug-likeness (QED) is 0.582. The molecule has 24 heavy (non-hydrogen) atoms. The van der Waals surface area contributed by atoms with Gasteiger partial charge >= 0.3 is 0 Å². The van der Waals surface area contributed by atoms with E-state index in [1.54, 1.807) is 24.3 Å². The van der Waals surface area contributed by atoms with Crippen molar-refractivity contribution in [2.24, 2.45) is 0 Å². The first kappa shape index (κ1) is 17.3. The first-order chi connectivity index (χ1) is 11.5. The van der Waals surface area contributed by atoms with Gasteiger partial charge in [0.2, 0.25) is 11.8 Å². The molecule has 2 aromatic carbocycles.